The lowest BCUT2D eigenvalue weighted by Gasteiger charge is -2.07. The van der Waals surface area contributed by atoms with Crippen molar-refractivity contribution in [3.8, 4) is 11.3 Å². The molecule has 0 spiro atoms. The number of thiazole rings is 1. The zero-order chi connectivity index (χ0) is 18.4. The van der Waals surface area contributed by atoms with Crippen molar-refractivity contribution in [1.82, 2.24) is 4.98 Å². The second kappa shape index (κ2) is 8.49. The zero-order valence-corrected chi connectivity index (χ0v) is 15.5. The van der Waals surface area contributed by atoms with E-state index < -0.39 is 0 Å². The van der Waals surface area contributed by atoms with Crippen LogP contribution in [0.25, 0.3) is 11.3 Å². The van der Waals surface area contributed by atoms with E-state index in [1.165, 1.54) is 18.3 Å². The van der Waals surface area contributed by atoms with E-state index in [-0.39, 0.29) is 11.9 Å². The van der Waals surface area contributed by atoms with Crippen LogP contribution in [0, 0.1) is 0 Å². The molecule has 0 aliphatic rings. The average molecular weight is 364 g/mol. The molecule has 2 aromatic carbocycles. The summed E-state index contributed by atoms with van der Waals surface area (Å²) in [4.78, 5) is 15.6. The van der Waals surface area contributed by atoms with Crippen LogP contribution in [0.4, 0.5) is 10.8 Å². The summed E-state index contributed by atoms with van der Waals surface area (Å²) < 4.78 is 0. The monoisotopic (exact) mass is 364 g/mol. The summed E-state index contributed by atoms with van der Waals surface area (Å²) in [5.41, 5.74) is 3.76. The molecule has 1 unspecified atom stereocenters. The van der Waals surface area contributed by atoms with Crippen LogP contribution in [0.1, 0.15) is 31.9 Å². The van der Waals surface area contributed by atoms with Gasteiger partial charge in [-0.05, 0) is 24.1 Å². The number of hydrogen-bond acceptors (Lipinski definition) is 5. The zero-order valence-electron chi connectivity index (χ0n) is 14.7. The van der Waals surface area contributed by atoms with Crippen molar-refractivity contribution in [1.29, 1.82) is 0 Å². The van der Waals surface area contributed by atoms with Crippen molar-refractivity contribution < 1.29 is 4.79 Å². The number of amides is 1. The standard InChI is InChI=1S/C20H20N4OS/c1-3-18(15-7-5-4-6-8-15)23-24-20-22-19(13-26-20)16-9-11-17(12-10-16)21-14(2)25/h4-13,18H,3H2,1-2H3,(H,21,25). The molecule has 1 amide bonds. The van der Waals surface area contributed by atoms with Crippen LogP contribution >= 0.6 is 11.3 Å². The number of nitrogens with zero attached hydrogens (tertiary/aromatic N) is 3. The van der Waals surface area contributed by atoms with Gasteiger partial charge in [-0.3, -0.25) is 4.79 Å². The third-order valence-electron chi connectivity index (χ3n) is 3.85. The number of anilines is 1. The predicted molar refractivity (Wildman–Crippen MR) is 106 cm³/mol. The van der Waals surface area contributed by atoms with Gasteiger partial charge in [-0.2, -0.15) is 5.11 Å². The quantitative estimate of drug-likeness (QED) is 0.545. The molecule has 0 aliphatic heterocycles. The second-order valence-corrected chi connectivity index (χ2v) is 6.66. The number of nitrogens with one attached hydrogen (secondary N) is 1. The smallest absolute Gasteiger partial charge is 0.230 e. The molecule has 1 N–H and O–H groups in total. The minimum Gasteiger partial charge on any atom is -0.326 e. The second-order valence-electron chi connectivity index (χ2n) is 5.82. The van der Waals surface area contributed by atoms with E-state index in [0.29, 0.717) is 5.13 Å². The Bertz CT molecular complexity index is 888. The summed E-state index contributed by atoms with van der Waals surface area (Å²) >= 11 is 1.47. The molecule has 0 fully saturated rings. The van der Waals surface area contributed by atoms with Crippen LogP contribution in [-0.2, 0) is 4.79 Å². The fourth-order valence-corrected chi connectivity index (χ4v) is 3.20. The highest BCUT2D eigenvalue weighted by atomic mass is 32.1. The van der Waals surface area contributed by atoms with Crippen molar-refractivity contribution in [3.05, 3.63) is 65.5 Å². The maximum atomic E-state index is 11.1. The maximum absolute atomic E-state index is 11.1. The van der Waals surface area contributed by atoms with Crippen LogP contribution in [0.5, 0.6) is 0 Å². The van der Waals surface area contributed by atoms with Gasteiger partial charge < -0.3 is 5.32 Å². The summed E-state index contributed by atoms with van der Waals surface area (Å²) in [5.74, 6) is -0.0852. The molecule has 1 aromatic heterocycles. The molecule has 6 heteroatoms. The van der Waals surface area contributed by atoms with Gasteiger partial charge >= 0.3 is 0 Å². The molecule has 3 aromatic rings. The van der Waals surface area contributed by atoms with Crippen molar-refractivity contribution in [2.75, 3.05) is 5.32 Å². The Morgan fingerprint density at radius 3 is 2.54 bits per heavy atom. The first kappa shape index (κ1) is 17.9. The van der Waals surface area contributed by atoms with E-state index in [4.69, 9.17) is 0 Å². The molecule has 0 saturated heterocycles. The largest absolute Gasteiger partial charge is 0.326 e. The normalized spacial score (nSPS) is 12.2. The Morgan fingerprint density at radius 1 is 1.15 bits per heavy atom. The number of benzene rings is 2. The minimum absolute atomic E-state index is 0.0421. The van der Waals surface area contributed by atoms with Crippen LogP contribution < -0.4 is 5.32 Å². The highest BCUT2D eigenvalue weighted by Gasteiger charge is 2.08. The lowest BCUT2D eigenvalue weighted by Crippen LogP contribution is -2.05. The molecule has 0 saturated carbocycles. The Kier molecular flexibility index (Phi) is 5.86. The van der Waals surface area contributed by atoms with Crippen molar-refractivity contribution in [2.45, 2.75) is 26.3 Å². The van der Waals surface area contributed by atoms with Gasteiger partial charge in [-0.25, -0.2) is 4.98 Å². The van der Waals surface area contributed by atoms with Crippen molar-refractivity contribution in [2.24, 2.45) is 10.2 Å². The molecule has 0 aliphatic carbocycles. The topological polar surface area (TPSA) is 66.7 Å². The van der Waals surface area contributed by atoms with E-state index in [0.717, 1.165) is 28.9 Å². The fourth-order valence-electron chi connectivity index (χ4n) is 2.55. The molecule has 132 valence electrons. The molecule has 3 rings (SSSR count). The third-order valence-corrected chi connectivity index (χ3v) is 4.57. The first-order valence-electron chi connectivity index (χ1n) is 8.45. The maximum Gasteiger partial charge on any atom is 0.230 e. The summed E-state index contributed by atoms with van der Waals surface area (Å²) in [6, 6.07) is 17.8. The van der Waals surface area contributed by atoms with Gasteiger partial charge in [0.05, 0.1) is 11.7 Å². The summed E-state index contributed by atoms with van der Waals surface area (Å²) in [7, 11) is 0. The molecule has 5 nitrogen and oxygen atoms in total. The number of carbonyl (C=O) groups excluding carboxylic acids is 1. The van der Waals surface area contributed by atoms with Gasteiger partial charge in [-0.1, -0.05) is 49.4 Å². The molecular formula is C20H20N4OS. The summed E-state index contributed by atoms with van der Waals surface area (Å²) in [6.45, 7) is 3.59. The Labute approximate surface area is 156 Å². The lowest BCUT2D eigenvalue weighted by molar-refractivity contribution is -0.114. The van der Waals surface area contributed by atoms with Gasteiger partial charge in [0.1, 0.15) is 0 Å². The molecule has 26 heavy (non-hydrogen) atoms. The van der Waals surface area contributed by atoms with E-state index in [1.807, 2.05) is 47.8 Å². The molecule has 1 atom stereocenters. The average Bonchev–Trinajstić information content (AvgIpc) is 3.12. The first-order valence-corrected chi connectivity index (χ1v) is 9.33. The van der Waals surface area contributed by atoms with Gasteiger partial charge in [0.25, 0.3) is 0 Å². The number of rotatable bonds is 6. The molecule has 0 radical (unpaired) electrons. The lowest BCUT2D eigenvalue weighted by atomic mass is 10.1. The van der Waals surface area contributed by atoms with Crippen LogP contribution in [-0.4, -0.2) is 10.9 Å². The van der Waals surface area contributed by atoms with Gasteiger partial charge in [0.15, 0.2) is 0 Å². The van der Waals surface area contributed by atoms with Crippen molar-refractivity contribution >= 4 is 28.1 Å². The number of azo groups is 1. The predicted octanol–water partition coefficient (Wildman–Crippen LogP) is 6.00. The Morgan fingerprint density at radius 2 is 1.88 bits per heavy atom. The van der Waals surface area contributed by atoms with Gasteiger partial charge in [0, 0.05) is 23.6 Å². The Hall–Kier alpha value is -2.86. The minimum atomic E-state index is -0.0852. The van der Waals surface area contributed by atoms with Crippen molar-refractivity contribution in [3.63, 3.8) is 0 Å². The van der Waals surface area contributed by atoms with Gasteiger partial charge in [0.2, 0.25) is 11.0 Å². The van der Waals surface area contributed by atoms with E-state index >= 15 is 0 Å². The SMILES string of the molecule is CCC(N=Nc1nc(-c2ccc(NC(C)=O)cc2)cs1)c1ccccc1. The van der Waals surface area contributed by atoms with Crippen LogP contribution in [0.3, 0.4) is 0 Å². The highest BCUT2D eigenvalue weighted by Crippen LogP contribution is 2.29. The molecular weight excluding hydrogens is 344 g/mol. The molecule has 1 heterocycles. The van der Waals surface area contributed by atoms with E-state index in [2.05, 4.69) is 39.6 Å². The highest BCUT2D eigenvalue weighted by molar-refractivity contribution is 7.13. The first-order chi connectivity index (χ1) is 12.7. The molecule has 0 bridgehead atoms. The van der Waals surface area contributed by atoms with Gasteiger partial charge in [-0.15, -0.1) is 16.5 Å². The number of aromatic nitrogens is 1. The summed E-state index contributed by atoms with van der Waals surface area (Å²) in [6.07, 6.45) is 0.885. The van der Waals surface area contributed by atoms with Crippen LogP contribution in [0.15, 0.2) is 70.2 Å². The number of hydrogen-bond donors (Lipinski definition) is 1. The number of carbonyl (C=O) groups is 1. The third kappa shape index (κ3) is 4.61. The summed E-state index contributed by atoms with van der Waals surface area (Å²) in [5, 5.41) is 14.2. The Balaban J connectivity index is 1.72. The van der Waals surface area contributed by atoms with E-state index in [9.17, 15) is 4.79 Å². The van der Waals surface area contributed by atoms with E-state index in [1.54, 1.807) is 0 Å². The van der Waals surface area contributed by atoms with Crippen LogP contribution in [0.2, 0.25) is 0 Å². The fraction of sp³-hybridized carbons (Fsp3) is 0.200.